The second kappa shape index (κ2) is 12.4. The quantitative estimate of drug-likeness (QED) is 0.229. The largest absolute Gasteiger partial charge is 0.478 e. The topological polar surface area (TPSA) is 119 Å². The lowest BCUT2D eigenvalue weighted by molar-refractivity contribution is -0.157. The first-order valence-electron chi connectivity index (χ1n) is 11.1. The number of alkyl halides is 6. The van der Waals surface area contributed by atoms with Gasteiger partial charge >= 0.3 is 30.3 Å². The minimum atomic E-state index is -4.87. The Labute approximate surface area is 235 Å². The van der Waals surface area contributed by atoms with Crippen LogP contribution in [0.25, 0.3) is 0 Å². The van der Waals surface area contributed by atoms with E-state index < -0.39 is 70.6 Å². The van der Waals surface area contributed by atoms with E-state index in [1.54, 1.807) is 6.07 Å². The Kier molecular flexibility index (Phi) is 9.42. The Morgan fingerprint density at radius 1 is 0.707 bits per heavy atom. The highest BCUT2D eigenvalue weighted by atomic mass is 79.9. The minimum Gasteiger partial charge on any atom is -0.478 e. The molecule has 0 fully saturated rings. The van der Waals surface area contributed by atoms with Gasteiger partial charge in [0.2, 0.25) is 12.2 Å². The van der Waals surface area contributed by atoms with Crippen molar-refractivity contribution in [3.63, 3.8) is 0 Å². The molecule has 0 aliphatic rings. The predicted octanol–water partition coefficient (Wildman–Crippen LogP) is 5.96. The molecule has 0 bridgehead atoms. The molecule has 0 heterocycles. The molecule has 0 radical (unpaired) electrons. The maximum atomic E-state index is 13.1. The smallest absolute Gasteiger partial charge is 0.416 e. The van der Waals surface area contributed by atoms with Crippen molar-refractivity contribution in [3.8, 4) is 0 Å². The van der Waals surface area contributed by atoms with Crippen molar-refractivity contribution in [3.05, 3.63) is 99.5 Å². The van der Waals surface area contributed by atoms with Crippen LogP contribution in [0.1, 0.15) is 31.8 Å². The lowest BCUT2D eigenvalue weighted by Gasteiger charge is -2.24. The molecule has 41 heavy (non-hydrogen) atoms. The van der Waals surface area contributed by atoms with Crippen molar-refractivity contribution in [2.45, 2.75) is 24.6 Å². The Morgan fingerprint density at radius 2 is 1.17 bits per heavy atom. The van der Waals surface area contributed by atoms with Gasteiger partial charge in [-0.05, 0) is 64.5 Å². The zero-order chi connectivity index (χ0) is 30.5. The molecular weight excluding hydrogens is 632 g/mol. The molecule has 15 heteroatoms. The van der Waals surface area contributed by atoms with Crippen LogP contribution in [0.4, 0.5) is 32.0 Å². The number of aliphatic carboxylic acids is 1. The van der Waals surface area contributed by atoms with Gasteiger partial charge in [0.05, 0.1) is 27.9 Å². The van der Waals surface area contributed by atoms with E-state index in [9.17, 15) is 50.6 Å². The summed E-state index contributed by atoms with van der Waals surface area (Å²) in [5.41, 5.74) is -3.97. The van der Waals surface area contributed by atoms with E-state index in [4.69, 9.17) is 9.47 Å². The molecule has 3 rings (SSSR count). The summed E-state index contributed by atoms with van der Waals surface area (Å²) in [7, 11) is 0. The zero-order valence-electron chi connectivity index (χ0n) is 20.1. The molecule has 3 aromatic carbocycles. The van der Waals surface area contributed by atoms with Gasteiger partial charge in [0.1, 0.15) is 0 Å². The van der Waals surface area contributed by atoms with Crippen LogP contribution in [-0.2, 0) is 31.4 Å². The number of hydrogen-bond donors (Lipinski definition) is 2. The average Bonchev–Trinajstić information content (AvgIpc) is 2.90. The Morgan fingerprint density at radius 3 is 1.61 bits per heavy atom. The molecule has 0 saturated heterocycles. The number of rotatable bonds is 8. The highest BCUT2D eigenvalue weighted by Crippen LogP contribution is 2.31. The van der Waals surface area contributed by atoms with Crippen LogP contribution in [-0.4, -0.2) is 41.1 Å². The maximum Gasteiger partial charge on any atom is 0.416 e. The normalized spacial score (nSPS) is 13.0. The Balaban J connectivity index is 1.98. The third kappa shape index (κ3) is 8.06. The van der Waals surface area contributed by atoms with E-state index in [0.29, 0.717) is 24.3 Å². The number of anilines is 1. The number of amides is 1. The fourth-order valence-electron chi connectivity index (χ4n) is 3.27. The van der Waals surface area contributed by atoms with Crippen molar-refractivity contribution in [2.75, 3.05) is 5.32 Å². The van der Waals surface area contributed by atoms with Gasteiger partial charge in [-0.15, -0.1) is 0 Å². The molecular formula is C26H16BrF6NO7. The number of ether oxygens (including phenoxy) is 2. The van der Waals surface area contributed by atoms with Crippen molar-refractivity contribution < 1.29 is 60.1 Å². The van der Waals surface area contributed by atoms with Gasteiger partial charge in [-0.2, -0.15) is 26.3 Å². The van der Waals surface area contributed by atoms with E-state index in [1.165, 1.54) is 18.2 Å². The highest BCUT2D eigenvalue weighted by Gasteiger charge is 2.42. The summed E-state index contributed by atoms with van der Waals surface area (Å²) >= 11 is 3.12. The number of carboxylic acid groups (broad SMARTS) is 1. The van der Waals surface area contributed by atoms with E-state index in [-0.39, 0.29) is 10.2 Å². The van der Waals surface area contributed by atoms with Crippen LogP contribution >= 0.6 is 15.9 Å². The van der Waals surface area contributed by atoms with Gasteiger partial charge < -0.3 is 19.9 Å². The number of benzene rings is 3. The van der Waals surface area contributed by atoms with Crippen molar-refractivity contribution in [1.82, 2.24) is 0 Å². The van der Waals surface area contributed by atoms with E-state index in [0.717, 1.165) is 24.3 Å². The number of carbonyl (C=O) groups excluding carboxylic acids is 3. The predicted molar refractivity (Wildman–Crippen MR) is 132 cm³/mol. The molecule has 216 valence electrons. The lowest BCUT2D eigenvalue weighted by atomic mass is 10.1. The third-order valence-corrected chi connectivity index (χ3v) is 5.92. The van der Waals surface area contributed by atoms with Gasteiger partial charge in [-0.3, -0.25) is 4.79 Å². The summed E-state index contributed by atoms with van der Waals surface area (Å²) in [5, 5.41) is 12.0. The number of hydrogen-bond acceptors (Lipinski definition) is 6. The van der Waals surface area contributed by atoms with Crippen LogP contribution in [0.5, 0.6) is 0 Å². The van der Waals surface area contributed by atoms with Gasteiger partial charge in [-0.25, -0.2) is 14.4 Å². The minimum absolute atomic E-state index is 0.0333. The first-order chi connectivity index (χ1) is 19.1. The first kappa shape index (κ1) is 31.1. The molecule has 0 saturated carbocycles. The monoisotopic (exact) mass is 647 g/mol. The molecule has 0 aromatic heterocycles. The molecule has 2 atom stereocenters. The number of para-hydroxylation sites is 1. The summed E-state index contributed by atoms with van der Waals surface area (Å²) in [4.78, 5) is 50.6. The molecule has 3 aromatic rings. The fraction of sp³-hybridized carbons (Fsp3) is 0.154. The van der Waals surface area contributed by atoms with Crippen molar-refractivity contribution in [1.29, 1.82) is 0 Å². The first-order valence-corrected chi connectivity index (χ1v) is 11.9. The summed E-state index contributed by atoms with van der Waals surface area (Å²) in [6, 6.07) is 11.3. The van der Waals surface area contributed by atoms with E-state index in [1.807, 2.05) is 0 Å². The number of esters is 2. The molecule has 0 aliphatic carbocycles. The second-order valence-corrected chi connectivity index (χ2v) is 8.97. The van der Waals surface area contributed by atoms with Crippen LogP contribution in [0.3, 0.4) is 0 Å². The van der Waals surface area contributed by atoms with Crippen LogP contribution in [0.15, 0.2) is 77.3 Å². The summed E-state index contributed by atoms with van der Waals surface area (Å²) < 4.78 is 88.6. The number of carboxylic acids is 1. The van der Waals surface area contributed by atoms with Gasteiger partial charge in [-0.1, -0.05) is 24.3 Å². The van der Waals surface area contributed by atoms with Crippen molar-refractivity contribution in [2.24, 2.45) is 0 Å². The highest BCUT2D eigenvalue weighted by molar-refractivity contribution is 9.10. The van der Waals surface area contributed by atoms with Gasteiger partial charge in [0.15, 0.2) is 0 Å². The third-order valence-electron chi connectivity index (χ3n) is 5.23. The fourth-order valence-corrected chi connectivity index (χ4v) is 3.66. The van der Waals surface area contributed by atoms with Crippen molar-refractivity contribution >= 4 is 45.4 Å². The summed E-state index contributed by atoms with van der Waals surface area (Å²) in [6.45, 7) is 0. The number of halogens is 7. The van der Waals surface area contributed by atoms with E-state index >= 15 is 0 Å². The maximum absolute atomic E-state index is 13.1. The SMILES string of the molecule is O=C(O[C@H](C(=O)O)[C@@H](OC(=O)c1cccc(C(F)(F)F)c1)C(=O)Nc1ccccc1Br)c1cccc(C(F)(F)F)c1. The Hall–Kier alpha value is -4.40. The lowest BCUT2D eigenvalue weighted by Crippen LogP contribution is -2.48. The van der Waals surface area contributed by atoms with E-state index in [2.05, 4.69) is 21.2 Å². The average molecular weight is 648 g/mol. The van der Waals surface area contributed by atoms with Crippen LogP contribution in [0.2, 0.25) is 0 Å². The molecule has 2 N–H and O–H groups in total. The number of nitrogens with one attached hydrogen (secondary N) is 1. The molecule has 0 unspecified atom stereocenters. The molecule has 0 spiro atoms. The molecule has 0 aliphatic heterocycles. The number of carbonyl (C=O) groups is 4. The van der Waals surface area contributed by atoms with Gasteiger partial charge in [0.25, 0.3) is 5.91 Å². The zero-order valence-corrected chi connectivity index (χ0v) is 21.7. The van der Waals surface area contributed by atoms with Crippen LogP contribution < -0.4 is 5.32 Å². The van der Waals surface area contributed by atoms with Gasteiger partial charge in [0, 0.05) is 4.47 Å². The molecule has 8 nitrogen and oxygen atoms in total. The Bertz CT molecular complexity index is 1470. The second-order valence-electron chi connectivity index (χ2n) is 8.12. The standard InChI is InChI=1S/C26H16BrF6NO7/c27-17-9-1-2-10-18(17)34-21(35)19(40-23(38)13-5-3-7-15(11-13)25(28,29)30)20(22(36)37)41-24(39)14-6-4-8-16(12-14)26(31,32)33/h1-12,19-20H,(H,34,35)(H,36,37)/t19-,20+/m1/s1. The summed E-state index contributed by atoms with van der Waals surface area (Å²) in [6.07, 6.45) is -14.9. The van der Waals surface area contributed by atoms with Crippen LogP contribution in [0, 0.1) is 0 Å². The molecule has 1 amide bonds. The summed E-state index contributed by atoms with van der Waals surface area (Å²) in [5.74, 6) is -6.67.